The van der Waals surface area contributed by atoms with E-state index >= 15 is 0 Å². The van der Waals surface area contributed by atoms with Gasteiger partial charge in [-0.15, -0.1) is 5.92 Å². The molecule has 0 aliphatic carbocycles. The van der Waals surface area contributed by atoms with Crippen LogP contribution in [0.15, 0.2) is 0 Å². The number of hydrogen-bond donors (Lipinski definition) is 1. The van der Waals surface area contributed by atoms with Gasteiger partial charge in [-0.05, 0) is 19.3 Å². The first kappa shape index (κ1) is 12.1. The van der Waals surface area contributed by atoms with E-state index in [-0.39, 0.29) is 5.92 Å². The van der Waals surface area contributed by atoms with Crippen LogP contribution in [0.1, 0.15) is 27.2 Å². The first-order valence-electron chi connectivity index (χ1n) is 5.38. The lowest BCUT2D eigenvalue weighted by atomic mass is 9.76. The zero-order chi connectivity index (χ0) is 11.5. The molecule has 1 aliphatic rings. The molecule has 3 nitrogen and oxygen atoms in total. The Morgan fingerprint density at radius 2 is 2.27 bits per heavy atom. The number of aliphatic carboxylic acids is 1. The molecule has 1 heterocycles. The lowest BCUT2D eigenvalue weighted by Gasteiger charge is -2.28. The maximum absolute atomic E-state index is 11.3. The summed E-state index contributed by atoms with van der Waals surface area (Å²) in [6, 6.07) is 0. The van der Waals surface area contributed by atoms with Crippen LogP contribution < -0.4 is 0 Å². The van der Waals surface area contributed by atoms with Gasteiger partial charge in [-0.1, -0.05) is 19.8 Å². The molecular weight excluding hydrogens is 190 g/mol. The van der Waals surface area contributed by atoms with Crippen molar-refractivity contribution in [3.63, 3.8) is 0 Å². The molecule has 1 N–H and O–H groups in total. The van der Waals surface area contributed by atoms with Gasteiger partial charge in [-0.3, -0.25) is 9.69 Å². The fourth-order valence-electron chi connectivity index (χ4n) is 2.13. The van der Waals surface area contributed by atoms with Gasteiger partial charge in [-0.25, -0.2) is 0 Å². The van der Waals surface area contributed by atoms with Crippen LogP contribution >= 0.6 is 0 Å². The zero-order valence-electron chi connectivity index (χ0n) is 9.71. The van der Waals surface area contributed by atoms with Crippen LogP contribution in [0.4, 0.5) is 0 Å². The van der Waals surface area contributed by atoms with E-state index in [1.54, 1.807) is 0 Å². The van der Waals surface area contributed by atoms with Crippen LogP contribution in [-0.2, 0) is 4.79 Å². The maximum Gasteiger partial charge on any atom is 0.311 e. The number of carbonyl (C=O) groups is 1. The quantitative estimate of drug-likeness (QED) is 0.715. The zero-order valence-corrected chi connectivity index (χ0v) is 9.71. The lowest BCUT2D eigenvalue weighted by molar-refractivity contribution is -0.150. The second-order valence-corrected chi connectivity index (χ2v) is 4.50. The molecule has 1 saturated heterocycles. The first-order chi connectivity index (χ1) is 7.03. The van der Waals surface area contributed by atoms with Crippen molar-refractivity contribution in [1.29, 1.82) is 0 Å². The van der Waals surface area contributed by atoms with E-state index in [1.165, 1.54) is 0 Å². The molecule has 1 atom stereocenters. The summed E-state index contributed by atoms with van der Waals surface area (Å²) < 4.78 is 0. The van der Waals surface area contributed by atoms with E-state index in [1.807, 2.05) is 20.8 Å². The molecule has 0 bridgehead atoms. The standard InChI is InChI=1S/C12H19NO2/c1-4-5-7-13-8-6-12(9-13,10(2)3)11(14)15/h10H,6-9H2,1-3H3,(H,14,15). The van der Waals surface area contributed by atoms with Crippen LogP contribution in [0.5, 0.6) is 0 Å². The molecule has 1 unspecified atom stereocenters. The number of carboxylic acids is 1. The van der Waals surface area contributed by atoms with Crippen LogP contribution in [0.25, 0.3) is 0 Å². The van der Waals surface area contributed by atoms with Gasteiger partial charge >= 0.3 is 5.97 Å². The molecule has 1 aliphatic heterocycles. The van der Waals surface area contributed by atoms with Gasteiger partial charge in [-0.2, -0.15) is 0 Å². The Bertz CT molecular complexity index is 300. The van der Waals surface area contributed by atoms with Crippen molar-refractivity contribution in [2.75, 3.05) is 19.6 Å². The molecule has 3 heteroatoms. The highest BCUT2D eigenvalue weighted by molar-refractivity contribution is 5.75. The van der Waals surface area contributed by atoms with Crippen LogP contribution in [0.3, 0.4) is 0 Å². The van der Waals surface area contributed by atoms with Crippen molar-refractivity contribution < 1.29 is 9.90 Å². The Morgan fingerprint density at radius 3 is 2.67 bits per heavy atom. The van der Waals surface area contributed by atoms with Crippen molar-refractivity contribution in [2.24, 2.45) is 11.3 Å². The number of hydrogen-bond acceptors (Lipinski definition) is 2. The number of rotatable bonds is 3. The Morgan fingerprint density at radius 1 is 1.60 bits per heavy atom. The summed E-state index contributed by atoms with van der Waals surface area (Å²) in [5.74, 6) is 5.34. The highest BCUT2D eigenvalue weighted by Crippen LogP contribution is 2.37. The largest absolute Gasteiger partial charge is 0.481 e. The number of carboxylic acid groups (broad SMARTS) is 1. The van der Waals surface area contributed by atoms with Crippen molar-refractivity contribution in [2.45, 2.75) is 27.2 Å². The molecule has 84 valence electrons. The molecule has 0 amide bonds. The Kier molecular flexibility index (Phi) is 3.76. The molecular formula is C12H19NO2. The third-order valence-electron chi connectivity index (χ3n) is 3.39. The summed E-state index contributed by atoms with van der Waals surface area (Å²) in [5, 5.41) is 9.31. The summed E-state index contributed by atoms with van der Waals surface area (Å²) in [6.45, 7) is 7.96. The monoisotopic (exact) mass is 209 g/mol. The SMILES string of the molecule is CC#CCN1CCC(C(=O)O)(C(C)C)C1. The van der Waals surface area contributed by atoms with Crippen LogP contribution in [-0.4, -0.2) is 35.6 Å². The smallest absolute Gasteiger partial charge is 0.311 e. The topological polar surface area (TPSA) is 40.5 Å². The average Bonchev–Trinajstić information content (AvgIpc) is 2.60. The van der Waals surface area contributed by atoms with Gasteiger partial charge in [0.15, 0.2) is 0 Å². The summed E-state index contributed by atoms with van der Waals surface area (Å²) >= 11 is 0. The van der Waals surface area contributed by atoms with E-state index in [0.29, 0.717) is 13.1 Å². The third-order valence-corrected chi connectivity index (χ3v) is 3.39. The number of nitrogens with zero attached hydrogens (tertiary/aromatic N) is 1. The molecule has 0 aromatic rings. The van der Waals surface area contributed by atoms with Gasteiger partial charge in [0.25, 0.3) is 0 Å². The molecule has 0 spiro atoms. The molecule has 0 aromatic heterocycles. The summed E-state index contributed by atoms with van der Waals surface area (Å²) in [5.41, 5.74) is -0.560. The Labute approximate surface area is 91.5 Å². The van der Waals surface area contributed by atoms with Crippen LogP contribution in [0, 0.1) is 23.2 Å². The van der Waals surface area contributed by atoms with Crippen LogP contribution in [0.2, 0.25) is 0 Å². The van der Waals surface area contributed by atoms with E-state index in [2.05, 4.69) is 16.7 Å². The molecule has 1 rings (SSSR count). The molecule has 0 aromatic carbocycles. The van der Waals surface area contributed by atoms with E-state index < -0.39 is 11.4 Å². The number of likely N-dealkylation sites (tertiary alicyclic amines) is 1. The first-order valence-corrected chi connectivity index (χ1v) is 5.38. The van der Waals surface area contributed by atoms with Gasteiger partial charge in [0.2, 0.25) is 0 Å². The Hall–Kier alpha value is -1.01. The highest BCUT2D eigenvalue weighted by Gasteiger charge is 2.46. The van der Waals surface area contributed by atoms with Gasteiger partial charge in [0.05, 0.1) is 12.0 Å². The van der Waals surface area contributed by atoms with Gasteiger partial charge in [0, 0.05) is 13.1 Å². The normalized spacial score (nSPS) is 26.4. The molecule has 0 saturated carbocycles. The van der Waals surface area contributed by atoms with Crippen molar-refractivity contribution in [3.05, 3.63) is 0 Å². The summed E-state index contributed by atoms with van der Waals surface area (Å²) in [6.07, 6.45) is 0.741. The lowest BCUT2D eigenvalue weighted by Crippen LogP contribution is -2.39. The minimum absolute atomic E-state index is 0.176. The third kappa shape index (κ3) is 2.32. The second-order valence-electron chi connectivity index (χ2n) is 4.50. The summed E-state index contributed by atoms with van der Waals surface area (Å²) in [7, 11) is 0. The van der Waals surface area contributed by atoms with E-state index in [9.17, 15) is 9.90 Å². The minimum atomic E-state index is -0.663. The van der Waals surface area contributed by atoms with E-state index in [4.69, 9.17) is 0 Å². The maximum atomic E-state index is 11.3. The summed E-state index contributed by atoms with van der Waals surface area (Å²) in [4.78, 5) is 13.5. The molecule has 1 fully saturated rings. The predicted octanol–water partition coefficient (Wildman–Crippen LogP) is 1.44. The Balaban J connectivity index is 2.71. The van der Waals surface area contributed by atoms with Crippen molar-refractivity contribution in [3.8, 4) is 11.8 Å². The minimum Gasteiger partial charge on any atom is -0.481 e. The highest BCUT2D eigenvalue weighted by atomic mass is 16.4. The van der Waals surface area contributed by atoms with E-state index in [0.717, 1.165) is 13.0 Å². The van der Waals surface area contributed by atoms with Crippen molar-refractivity contribution >= 4 is 5.97 Å². The molecule has 0 radical (unpaired) electrons. The van der Waals surface area contributed by atoms with Crippen molar-refractivity contribution in [1.82, 2.24) is 4.90 Å². The fraction of sp³-hybridized carbons (Fsp3) is 0.750. The predicted molar refractivity (Wildman–Crippen MR) is 59.4 cm³/mol. The van der Waals surface area contributed by atoms with Gasteiger partial charge < -0.3 is 5.11 Å². The fourth-order valence-corrected chi connectivity index (χ4v) is 2.13. The van der Waals surface area contributed by atoms with Gasteiger partial charge in [0.1, 0.15) is 0 Å². The average molecular weight is 209 g/mol. The molecule has 15 heavy (non-hydrogen) atoms. The second kappa shape index (κ2) is 4.67.